The van der Waals surface area contributed by atoms with Gasteiger partial charge in [-0.25, -0.2) is 0 Å². The van der Waals surface area contributed by atoms with Crippen molar-refractivity contribution in [3.05, 3.63) is 33.4 Å². The summed E-state index contributed by atoms with van der Waals surface area (Å²) < 4.78 is 2.47. The van der Waals surface area contributed by atoms with Gasteiger partial charge in [0.2, 0.25) is 5.69 Å². The van der Waals surface area contributed by atoms with Gasteiger partial charge in [0, 0.05) is 27.3 Å². The Morgan fingerprint density at radius 3 is 2.48 bits per heavy atom. The Morgan fingerprint density at radius 2 is 1.91 bits per heavy atom. The van der Waals surface area contributed by atoms with Gasteiger partial charge in [-0.3, -0.25) is 29.1 Å². The molecule has 2 rings (SSSR count). The smallest absolute Gasteiger partial charge is 0.322 e. The number of nitrogens with one attached hydrogen (secondary N) is 2. The molecule has 2 amide bonds. The second-order valence-corrected chi connectivity index (χ2v) is 4.76. The van der Waals surface area contributed by atoms with E-state index in [2.05, 4.69) is 20.8 Å². The number of hydrogen-bond acceptors (Lipinski definition) is 6. The first-order valence-corrected chi connectivity index (χ1v) is 6.51. The van der Waals surface area contributed by atoms with E-state index < -0.39 is 16.7 Å². The van der Waals surface area contributed by atoms with Crippen LogP contribution in [-0.4, -0.2) is 43.3 Å². The molecule has 0 radical (unpaired) electrons. The van der Waals surface area contributed by atoms with Crippen LogP contribution < -0.4 is 10.6 Å². The summed E-state index contributed by atoms with van der Waals surface area (Å²) in [6.45, 7) is 1.44. The monoisotopic (exact) mass is 321 g/mol. The number of aryl methyl sites for hydroxylation is 3. The Morgan fingerprint density at radius 1 is 1.26 bits per heavy atom. The summed E-state index contributed by atoms with van der Waals surface area (Å²) in [7, 11) is 4.44. The van der Waals surface area contributed by atoms with Gasteiger partial charge >= 0.3 is 5.69 Å². The minimum absolute atomic E-state index is 0.00453. The first-order chi connectivity index (χ1) is 10.8. The second-order valence-electron chi connectivity index (χ2n) is 4.76. The lowest BCUT2D eigenvalue weighted by atomic mass is 10.2. The van der Waals surface area contributed by atoms with Crippen molar-refractivity contribution in [3.63, 3.8) is 0 Å². The average molecular weight is 321 g/mol. The van der Waals surface area contributed by atoms with E-state index in [9.17, 15) is 19.7 Å². The molecule has 0 aliphatic carbocycles. The standard InChI is InChI=1S/C12H15N7O4/c1-6-9(19(22)23)10(18(4)15-6)12(21)14-7-5-17(3)16-8(7)11(20)13-2/h5H,1-4H3,(H,13,20)(H,14,21). The van der Waals surface area contributed by atoms with Crippen molar-refractivity contribution in [2.45, 2.75) is 6.92 Å². The number of nitro groups is 1. The minimum Gasteiger partial charge on any atom is -0.354 e. The normalized spacial score (nSPS) is 10.4. The van der Waals surface area contributed by atoms with Crippen LogP contribution in [-0.2, 0) is 14.1 Å². The van der Waals surface area contributed by atoms with Gasteiger partial charge in [-0.05, 0) is 6.92 Å². The third kappa shape index (κ3) is 2.88. The molecule has 2 aromatic heterocycles. The quantitative estimate of drug-likeness (QED) is 0.600. The zero-order valence-electron chi connectivity index (χ0n) is 12.9. The molecule has 2 aromatic rings. The van der Waals surface area contributed by atoms with Crippen molar-refractivity contribution in [2.75, 3.05) is 12.4 Å². The molecule has 0 unspecified atom stereocenters. The Hall–Kier alpha value is -3.24. The molecule has 11 nitrogen and oxygen atoms in total. The molecule has 0 saturated carbocycles. The van der Waals surface area contributed by atoms with Crippen LogP contribution in [0.1, 0.15) is 26.7 Å². The maximum absolute atomic E-state index is 12.4. The van der Waals surface area contributed by atoms with E-state index in [0.717, 1.165) is 4.68 Å². The van der Waals surface area contributed by atoms with E-state index in [1.54, 1.807) is 7.05 Å². The molecule has 11 heteroatoms. The van der Waals surface area contributed by atoms with Crippen LogP contribution >= 0.6 is 0 Å². The maximum Gasteiger partial charge on any atom is 0.322 e. The highest BCUT2D eigenvalue weighted by Gasteiger charge is 2.30. The molecular formula is C12H15N7O4. The van der Waals surface area contributed by atoms with Gasteiger partial charge in [-0.1, -0.05) is 0 Å². The number of anilines is 1. The fourth-order valence-corrected chi connectivity index (χ4v) is 2.17. The number of rotatable bonds is 4. The SMILES string of the molecule is CNC(=O)c1nn(C)cc1NC(=O)c1c([N+](=O)[O-])c(C)nn1C. The molecule has 0 aliphatic rings. The molecule has 2 heterocycles. The zero-order valence-corrected chi connectivity index (χ0v) is 12.9. The van der Waals surface area contributed by atoms with Gasteiger partial charge < -0.3 is 10.6 Å². The molecule has 23 heavy (non-hydrogen) atoms. The van der Waals surface area contributed by atoms with Crippen LogP contribution in [0, 0.1) is 17.0 Å². The number of amides is 2. The van der Waals surface area contributed by atoms with Gasteiger partial charge in [0.1, 0.15) is 5.69 Å². The maximum atomic E-state index is 12.4. The van der Waals surface area contributed by atoms with Gasteiger partial charge in [-0.2, -0.15) is 10.2 Å². The molecule has 0 atom stereocenters. The lowest BCUT2D eigenvalue weighted by Crippen LogP contribution is -2.22. The fourth-order valence-electron chi connectivity index (χ4n) is 2.17. The van der Waals surface area contributed by atoms with Gasteiger partial charge in [-0.15, -0.1) is 0 Å². The predicted octanol–water partition coefficient (Wildman–Crippen LogP) is -0.0179. The van der Waals surface area contributed by atoms with Crippen molar-refractivity contribution in [1.29, 1.82) is 0 Å². The average Bonchev–Trinajstić information content (AvgIpc) is 2.97. The van der Waals surface area contributed by atoms with E-state index in [-0.39, 0.29) is 28.5 Å². The van der Waals surface area contributed by atoms with E-state index >= 15 is 0 Å². The number of aromatic nitrogens is 4. The van der Waals surface area contributed by atoms with Crippen LogP contribution in [0.5, 0.6) is 0 Å². The second kappa shape index (κ2) is 5.87. The van der Waals surface area contributed by atoms with E-state index in [1.165, 1.54) is 31.9 Å². The highest BCUT2D eigenvalue weighted by molar-refractivity contribution is 6.09. The van der Waals surface area contributed by atoms with Crippen molar-refractivity contribution in [3.8, 4) is 0 Å². The number of carbonyl (C=O) groups is 2. The van der Waals surface area contributed by atoms with Gasteiger partial charge in [0.25, 0.3) is 11.8 Å². The van der Waals surface area contributed by atoms with Crippen molar-refractivity contribution >= 4 is 23.2 Å². The molecule has 0 aliphatic heterocycles. The third-order valence-corrected chi connectivity index (χ3v) is 3.11. The van der Waals surface area contributed by atoms with E-state index in [1.807, 2.05) is 0 Å². The highest BCUT2D eigenvalue weighted by Crippen LogP contribution is 2.24. The molecule has 2 N–H and O–H groups in total. The molecule has 122 valence electrons. The largest absolute Gasteiger partial charge is 0.354 e. The van der Waals surface area contributed by atoms with Crippen molar-refractivity contribution in [2.24, 2.45) is 14.1 Å². The Balaban J connectivity index is 2.42. The summed E-state index contributed by atoms with van der Waals surface area (Å²) in [5.41, 5.74) is -0.315. The highest BCUT2D eigenvalue weighted by atomic mass is 16.6. The van der Waals surface area contributed by atoms with Crippen molar-refractivity contribution < 1.29 is 14.5 Å². The molecule has 0 spiro atoms. The summed E-state index contributed by atoms with van der Waals surface area (Å²) in [4.78, 5) is 34.6. The predicted molar refractivity (Wildman–Crippen MR) is 79.2 cm³/mol. The van der Waals surface area contributed by atoms with Crippen LogP contribution in [0.25, 0.3) is 0 Å². The van der Waals surface area contributed by atoms with Crippen LogP contribution in [0.3, 0.4) is 0 Å². The summed E-state index contributed by atoms with van der Waals surface area (Å²) in [6, 6.07) is 0. The summed E-state index contributed by atoms with van der Waals surface area (Å²) in [6.07, 6.45) is 1.43. The molecule has 0 bridgehead atoms. The lowest BCUT2D eigenvalue weighted by Gasteiger charge is -2.04. The molecule has 0 saturated heterocycles. The Labute approximate surface area is 130 Å². The fraction of sp³-hybridized carbons (Fsp3) is 0.333. The molecule has 0 fully saturated rings. The minimum atomic E-state index is -0.752. The van der Waals surface area contributed by atoms with Crippen molar-refractivity contribution in [1.82, 2.24) is 24.9 Å². The number of nitrogens with zero attached hydrogens (tertiary/aromatic N) is 5. The summed E-state index contributed by atoms with van der Waals surface area (Å²) >= 11 is 0. The zero-order chi connectivity index (χ0) is 17.3. The summed E-state index contributed by atoms with van der Waals surface area (Å²) in [5.74, 6) is -1.24. The Kier molecular flexibility index (Phi) is 4.12. The topological polar surface area (TPSA) is 137 Å². The first kappa shape index (κ1) is 16.1. The van der Waals surface area contributed by atoms with Crippen LogP contribution in [0.15, 0.2) is 6.20 Å². The Bertz CT molecular complexity index is 805. The van der Waals surface area contributed by atoms with Crippen LogP contribution in [0.2, 0.25) is 0 Å². The number of carbonyl (C=O) groups excluding carboxylic acids is 2. The van der Waals surface area contributed by atoms with Crippen LogP contribution in [0.4, 0.5) is 11.4 Å². The summed E-state index contributed by atoms with van der Waals surface area (Å²) in [5, 5.41) is 23.8. The number of hydrogen-bond donors (Lipinski definition) is 2. The van der Waals surface area contributed by atoms with E-state index in [0.29, 0.717) is 0 Å². The molecular weight excluding hydrogens is 306 g/mol. The lowest BCUT2D eigenvalue weighted by molar-refractivity contribution is -0.385. The van der Waals surface area contributed by atoms with Gasteiger partial charge in [0.15, 0.2) is 5.69 Å². The molecule has 0 aromatic carbocycles. The van der Waals surface area contributed by atoms with Gasteiger partial charge in [0.05, 0.1) is 10.6 Å². The van der Waals surface area contributed by atoms with E-state index in [4.69, 9.17) is 0 Å². The first-order valence-electron chi connectivity index (χ1n) is 6.51. The third-order valence-electron chi connectivity index (χ3n) is 3.11.